The quantitative estimate of drug-likeness (QED) is 0.729. The maximum Gasteiger partial charge on any atom is 0.200 e. The molecule has 0 radical (unpaired) electrons. The second kappa shape index (κ2) is 6.06. The van der Waals surface area contributed by atoms with E-state index in [1.807, 2.05) is 0 Å². The van der Waals surface area contributed by atoms with Crippen LogP contribution in [0.3, 0.4) is 0 Å². The Balaban J connectivity index is 2.77. The minimum Gasteiger partial charge on any atom is -0.413 e. The summed E-state index contributed by atoms with van der Waals surface area (Å²) in [6.07, 6.45) is 2.10. The van der Waals surface area contributed by atoms with Crippen molar-refractivity contribution in [3.05, 3.63) is 0 Å². The van der Waals surface area contributed by atoms with Crippen LogP contribution >= 0.6 is 0 Å². The zero-order valence-electron chi connectivity index (χ0n) is 13.2. The third-order valence-corrected chi connectivity index (χ3v) is 11.1. The Morgan fingerprint density at radius 3 is 1.56 bits per heavy atom. The minimum absolute atomic E-state index is 0.0748. The molecule has 0 spiro atoms. The van der Waals surface area contributed by atoms with Gasteiger partial charge in [-0.1, -0.05) is 41.5 Å². The number of hydrogen-bond donors (Lipinski definition) is 1. The van der Waals surface area contributed by atoms with Crippen LogP contribution in [0.25, 0.3) is 0 Å². The van der Waals surface area contributed by atoms with Gasteiger partial charge < -0.3 is 9.53 Å². The molecule has 0 saturated heterocycles. The fourth-order valence-corrected chi connectivity index (χ4v) is 9.49. The highest BCUT2D eigenvalue weighted by Crippen LogP contribution is 2.45. The lowest BCUT2D eigenvalue weighted by atomic mass is 9.79. The Hall–Kier alpha value is 0.137. The summed E-state index contributed by atoms with van der Waals surface area (Å²) in [6, 6.07) is 0. The Morgan fingerprint density at radius 1 is 0.889 bits per heavy atom. The van der Waals surface area contributed by atoms with Gasteiger partial charge in [-0.3, -0.25) is 0 Å². The lowest BCUT2D eigenvalue weighted by Crippen LogP contribution is -2.52. The van der Waals surface area contributed by atoms with Gasteiger partial charge in [-0.15, -0.1) is 0 Å². The minimum atomic E-state index is -1.74. The number of rotatable bonds is 6. The molecule has 0 bridgehead atoms. The van der Waals surface area contributed by atoms with E-state index in [9.17, 15) is 5.11 Å². The van der Waals surface area contributed by atoms with Crippen molar-refractivity contribution in [1.82, 2.24) is 0 Å². The van der Waals surface area contributed by atoms with Gasteiger partial charge in [0.2, 0.25) is 8.32 Å². The zero-order chi connectivity index (χ0) is 14.1. The van der Waals surface area contributed by atoms with Crippen molar-refractivity contribution in [1.29, 1.82) is 0 Å². The molecule has 1 unspecified atom stereocenters. The third kappa shape index (κ3) is 2.99. The van der Waals surface area contributed by atoms with Crippen LogP contribution in [0.1, 0.15) is 61.3 Å². The van der Waals surface area contributed by atoms with Gasteiger partial charge in [0, 0.05) is 6.10 Å². The van der Waals surface area contributed by atoms with Crippen LogP contribution < -0.4 is 0 Å². The highest BCUT2D eigenvalue weighted by molar-refractivity contribution is 6.77. The van der Waals surface area contributed by atoms with Gasteiger partial charge in [0.1, 0.15) is 0 Å². The molecule has 1 fully saturated rings. The highest BCUT2D eigenvalue weighted by Gasteiger charge is 2.47. The van der Waals surface area contributed by atoms with Crippen LogP contribution in [-0.4, -0.2) is 25.6 Å². The predicted octanol–water partition coefficient (Wildman–Crippen LogP) is 4.34. The van der Waals surface area contributed by atoms with Crippen molar-refractivity contribution in [2.75, 3.05) is 0 Å². The summed E-state index contributed by atoms with van der Waals surface area (Å²) in [5.41, 5.74) is 1.93. The molecule has 0 aliphatic heterocycles. The van der Waals surface area contributed by atoms with Crippen LogP contribution in [0.15, 0.2) is 0 Å². The first-order valence-corrected chi connectivity index (χ1v) is 9.71. The molecule has 108 valence electrons. The standard InChI is InChI=1S/C15H32O2Si/c1-10(2)18(11(3)4,12(5)6)17-13(7)14-8-15(16)9-14/h10-16H,8-9H2,1-7H3. The predicted molar refractivity (Wildman–Crippen MR) is 80.3 cm³/mol. The van der Waals surface area contributed by atoms with Gasteiger partial charge in [-0.2, -0.15) is 0 Å². The summed E-state index contributed by atoms with van der Waals surface area (Å²) in [7, 11) is -1.74. The average molecular weight is 273 g/mol. The molecule has 0 amide bonds. The third-order valence-electron chi connectivity index (χ3n) is 4.91. The second-order valence-corrected chi connectivity index (χ2v) is 12.4. The van der Waals surface area contributed by atoms with Crippen LogP contribution in [0.5, 0.6) is 0 Å². The Morgan fingerprint density at radius 2 is 1.28 bits per heavy atom. The van der Waals surface area contributed by atoms with Gasteiger partial charge in [-0.05, 0) is 42.3 Å². The molecule has 1 atom stereocenters. The normalized spacial score (nSPS) is 26.8. The van der Waals surface area contributed by atoms with E-state index >= 15 is 0 Å². The van der Waals surface area contributed by atoms with Crippen LogP contribution in [0.2, 0.25) is 16.6 Å². The van der Waals surface area contributed by atoms with E-state index in [2.05, 4.69) is 48.5 Å². The fourth-order valence-electron chi connectivity index (χ4n) is 3.84. The summed E-state index contributed by atoms with van der Waals surface area (Å²) in [5, 5.41) is 9.45. The molecular formula is C15H32O2Si. The van der Waals surface area contributed by atoms with Gasteiger partial charge >= 0.3 is 0 Å². The zero-order valence-corrected chi connectivity index (χ0v) is 14.2. The van der Waals surface area contributed by atoms with E-state index in [-0.39, 0.29) is 6.10 Å². The summed E-state index contributed by atoms with van der Waals surface area (Å²) in [4.78, 5) is 0. The molecule has 1 N–H and O–H groups in total. The molecule has 1 saturated carbocycles. The summed E-state index contributed by atoms with van der Waals surface area (Å²) in [5.74, 6) is 0.572. The Bertz CT molecular complexity index is 235. The van der Waals surface area contributed by atoms with Crippen molar-refractivity contribution in [3.8, 4) is 0 Å². The topological polar surface area (TPSA) is 29.5 Å². The first-order valence-electron chi connectivity index (χ1n) is 7.57. The first-order chi connectivity index (χ1) is 8.21. The van der Waals surface area contributed by atoms with Crippen molar-refractivity contribution >= 4 is 8.32 Å². The Labute approximate surface area is 114 Å². The number of aliphatic hydroxyl groups excluding tert-OH is 1. The van der Waals surface area contributed by atoms with Crippen LogP contribution in [0, 0.1) is 5.92 Å². The molecule has 0 aromatic heterocycles. The lowest BCUT2D eigenvalue weighted by Gasteiger charge is -2.47. The molecular weight excluding hydrogens is 240 g/mol. The molecule has 0 aromatic rings. The molecule has 18 heavy (non-hydrogen) atoms. The van der Waals surface area contributed by atoms with Gasteiger partial charge in [0.15, 0.2) is 0 Å². The largest absolute Gasteiger partial charge is 0.413 e. The van der Waals surface area contributed by atoms with Crippen LogP contribution in [0.4, 0.5) is 0 Å². The molecule has 1 rings (SSSR count). The molecule has 0 aromatic carbocycles. The molecule has 0 heterocycles. The van der Waals surface area contributed by atoms with Crippen molar-refractivity contribution in [2.24, 2.45) is 5.92 Å². The van der Waals surface area contributed by atoms with E-state index in [1.54, 1.807) is 0 Å². The fraction of sp³-hybridized carbons (Fsp3) is 1.00. The lowest BCUT2D eigenvalue weighted by molar-refractivity contribution is -0.0166. The van der Waals surface area contributed by atoms with Crippen LogP contribution in [-0.2, 0) is 4.43 Å². The molecule has 2 nitrogen and oxygen atoms in total. The summed E-state index contributed by atoms with van der Waals surface area (Å²) >= 11 is 0. The molecule has 1 aliphatic rings. The van der Waals surface area contributed by atoms with E-state index in [4.69, 9.17) is 4.43 Å². The number of hydrogen-bond acceptors (Lipinski definition) is 2. The van der Waals surface area contributed by atoms with E-state index in [1.165, 1.54) is 0 Å². The SMILES string of the molecule is CC(O[Si](C(C)C)(C(C)C)C(C)C)C1CC(O)C1. The van der Waals surface area contributed by atoms with Crippen molar-refractivity contribution < 1.29 is 9.53 Å². The smallest absolute Gasteiger partial charge is 0.200 e. The second-order valence-electron chi connectivity index (χ2n) is 7.03. The van der Waals surface area contributed by atoms with E-state index in [0.717, 1.165) is 12.8 Å². The summed E-state index contributed by atoms with van der Waals surface area (Å²) < 4.78 is 6.70. The highest BCUT2D eigenvalue weighted by atomic mass is 28.4. The molecule has 3 heteroatoms. The number of aliphatic hydroxyl groups is 1. The van der Waals surface area contributed by atoms with Gasteiger partial charge in [0.25, 0.3) is 0 Å². The van der Waals surface area contributed by atoms with E-state index in [0.29, 0.717) is 28.6 Å². The average Bonchev–Trinajstić information content (AvgIpc) is 2.19. The summed E-state index contributed by atoms with van der Waals surface area (Å²) in [6.45, 7) is 16.2. The van der Waals surface area contributed by atoms with E-state index < -0.39 is 8.32 Å². The Kier molecular flexibility index (Phi) is 5.45. The van der Waals surface area contributed by atoms with Gasteiger partial charge in [-0.25, -0.2) is 0 Å². The van der Waals surface area contributed by atoms with Crippen molar-refractivity contribution in [2.45, 2.75) is 90.1 Å². The molecule has 1 aliphatic carbocycles. The maximum atomic E-state index is 9.45. The first kappa shape index (κ1) is 16.2. The monoisotopic (exact) mass is 272 g/mol. The van der Waals surface area contributed by atoms with Gasteiger partial charge in [0.05, 0.1) is 6.10 Å². The van der Waals surface area contributed by atoms with Crippen molar-refractivity contribution in [3.63, 3.8) is 0 Å². The maximum absolute atomic E-state index is 9.45.